The monoisotopic (exact) mass is 606 g/mol. The first kappa shape index (κ1) is 34.8. The van der Waals surface area contributed by atoms with Gasteiger partial charge in [-0.05, 0) is 79.8 Å². The molecule has 0 bridgehead atoms. The van der Waals surface area contributed by atoms with Gasteiger partial charge in [-0.2, -0.15) is 0 Å². The first-order valence-corrected chi connectivity index (χ1v) is 15.4. The first-order valence-electron chi connectivity index (χ1n) is 15.4. The Hall–Kier alpha value is -2.72. The summed E-state index contributed by atoms with van der Waals surface area (Å²) in [6, 6.07) is 0. The number of hydrogen-bond acceptors (Lipinski definition) is 10. The molecule has 43 heavy (non-hydrogen) atoms. The molecule has 8 atom stereocenters. The molecule has 3 rings (SSSR count). The van der Waals surface area contributed by atoms with Crippen LogP contribution in [-0.2, 0) is 47.6 Å². The van der Waals surface area contributed by atoms with Gasteiger partial charge in [-0.3, -0.25) is 19.2 Å². The van der Waals surface area contributed by atoms with Crippen LogP contribution < -0.4 is 0 Å². The fraction of sp³-hybridized carbons (Fsp3) is 0.758. The molecule has 0 aromatic heterocycles. The summed E-state index contributed by atoms with van der Waals surface area (Å²) in [4.78, 5) is 47.1. The highest BCUT2D eigenvalue weighted by Crippen LogP contribution is 2.61. The molecular weight excluding hydrogens is 556 g/mol. The fourth-order valence-electron chi connectivity index (χ4n) is 7.31. The van der Waals surface area contributed by atoms with E-state index in [1.165, 1.54) is 52.5 Å². The molecule has 1 heterocycles. The predicted molar refractivity (Wildman–Crippen MR) is 157 cm³/mol. The molecule has 0 N–H and O–H groups in total. The maximum Gasteiger partial charge on any atom is 0.303 e. The average Bonchev–Trinajstić information content (AvgIpc) is 2.91. The van der Waals surface area contributed by atoms with Gasteiger partial charge in [0, 0.05) is 27.7 Å². The molecule has 0 amide bonds. The number of hydrogen-bond donors (Lipinski definition) is 0. The molecule has 242 valence electrons. The highest BCUT2D eigenvalue weighted by Gasteiger charge is 2.53. The molecule has 2 aliphatic carbocycles. The molecule has 3 aliphatic rings. The summed E-state index contributed by atoms with van der Waals surface area (Å²) in [6.45, 7) is 14.6. The van der Waals surface area contributed by atoms with Gasteiger partial charge in [0.1, 0.15) is 6.61 Å². The zero-order valence-corrected chi connectivity index (χ0v) is 27.1. The van der Waals surface area contributed by atoms with Crippen LogP contribution in [0.15, 0.2) is 23.3 Å². The summed E-state index contributed by atoms with van der Waals surface area (Å²) in [5.41, 5.74) is 2.70. The second-order valence-electron chi connectivity index (χ2n) is 12.9. The zero-order valence-electron chi connectivity index (χ0n) is 27.1. The Bertz CT molecular complexity index is 1100. The fourth-order valence-corrected chi connectivity index (χ4v) is 7.31. The van der Waals surface area contributed by atoms with Gasteiger partial charge < -0.3 is 28.4 Å². The van der Waals surface area contributed by atoms with Crippen molar-refractivity contribution < 1.29 is 47.6 Å². The maximum atomic E-state index is 12.0. The van der Waals surface area contributed by atoms with Crippen molar-refractivity contribution in [3.8, 4) is 0 Å². The van der Waals surface area contributed by atoms with E-state index in [0.717, 1.165) is 18.4 Å². The molecule has 2 fully saturated rings. The summed E-state index contributed by atoms with van der Waals surface area (Å²) in [5, 5.41) is 0. The van der Waals surface area contributed by atoms with Gasteiger partial charge >= 0.3 is 23.9 Å². The Labute approximate surface area is 255 Å². The number of fused-ring (bicyclic) bond motifs is 1. The van der Waals surface area contributed by atoms with E-state index >= 15 is 0 Å². The lowest BCUT2D eigenvalue weighted by Crippen LogP contribution is -2.58. The zero-order chi connectivity index (χ0) is 31.9. The minimum atomic E-state index is -1.16. The third kappa shape index (κ3) is 8.69. The molecule has 1 saturated carbocycles. The van der Waals surface area contributed by atoms with Gasteiger partial charge in [0.2, 0.25) is 0 Å². The summed E-state index contributed by atoms with van der Waals surface area (Å²) in [7, 11) is 0. The first-order chi connectivity index (χ1) is 20.2. The third-order valence-corrected chi connectivity index (χ3v) is 9.98. The standard InChI is InChI=1S/C33H50O10/c1-20-10-9-11-28-32(20,7)15-12-21(2)33(28,8)16-13-26(14-17-38-22(3)34)18-39-31-30(43-25(6)37)29(42-24(5)36)27(19-40-31)41-23(4)35/h10,14,21,27-31H,9,11-13,15-19H2,1-8H3. The smallest absolute Gasteiger partial charge is 0.303 e. The predicted octanol–water partition coefficient (Wildman–Crippen LogP) is 5.22. The van der Waals surface area contributed by atoms with Crippen molar-refractivity contribution in [2.24, 2.45) is 22.7 Å². The minimum Gasteiger partial charge on any atom is -0.462 e. The van der Waals surface area contributed by atoms with E-state index in [4.69, 9.17) is 28.4 Å². The molecule has 1 aliphatic heterocycles. The number of rotatable bonds is 11. The number of ether oxygens (including phenoxy) is 6. The normalized spacial score (nSPS) is 34.3. The van der Waals surface area contributed by atoms with Gasteiger partial charge in [-0.25, -0.2) is 0 Å². The highest BCUT2D eigenvalue weighted by atomic mass is 16.7. The summed E-state index contributed by atoms with van der Waals surface area (Å²) < 4.78 is 33.5. The molecule has 10 nitrogen and oxygen atoms in total. The molecule has 0 spiro atoms. The third-order valence-electron chi connectivity index (χ3n) is 9.98. The average molecular weight is 607 g/mol. The minimum absolute atomic E-state index is 0.0995. The summed E-state index contributed by atoms with van der Waals surface area (Å²) >= 11 is 0. The Kier molecular flexibility index (Phi) is 12.0. The van der Waals surface area contributed by atoms with E-state index in [1.807, 2.05) is 6.08 Å². The van der Waals surface area contributed by atoms with E-state index in [0.29, 0.717) is 18.3 Å². The van der Waals surface area contributed by atoms with E-state index in [2.05, 4.69) is 33.8 Å². The van der Waals surface area contributed by atoms with Crippen molar-refractivity contribution in [1.82, 2.24) is 0 Å². The SMILES string of the molecule is CC(=O)OCC=C(CCC1(C)C(C)CCC2(C)C(C)=CCCC21)COC1OCC(OC(C)=O)C(OC(C)=O)C1OC(C)=O. The van der Waals surface area contributed by atoms with Gasteiger partial charge in [-0.1, -0.05) is 32.4 Å². The van der Waals surface area contributed by atoms with E-state index in [1.54, 1.807) is 0 Å². The van der Waals surface area contributed by atoms with Crippen LogP contribution in [-0.4, -0.2) is 68.3 Å². The van der Waals surface area contributed by atoms with Crippen molar-refractivity contribution in [1.29, 1.82) is 0 Å². The highest BCUT2D eigenvalue weighted by molar-refractivity contribution is 5.68. The van der Waals surface area contributed by atoms with Crippen molar-refractivity contribution in [3.05, 3.63) is 23.3 Å². The van der Waals surface area contributed by atoms with Gasteiger partial charge in [0.25, 0.3) is 0 Å². The van der Waals surface area contributed by atoms with Crippen molar-refractivity contribution in [2.45, 2.75) is 119 Å². The van der Waals surface area contributed by atoms with Crippen LogP contribution in [0.25, 0.3) is 0 Å². The Morgan fingerprint density at radius 2 is 1.60 bits per heavy atom. The number of carbonyl (C=O) groups is 4. The van der Waals surface area contributed by atoms with Crippen molar-refractivity contribution in [3.63, 3.8) is 0 Å². The molecule has 0 aromatic carbocycles. The van der Waals surface area contributed by atoms with E-state index < -0.39 is 42.5 Å². The Balaban J connectivity index is 1.80. The number of carbonyl (C=O) groups excluding carboxylic acids is 4. The van der Waals surface area contributed by atoms with Gasteiger partial charge in [-0.15, -0.1) is 0 Å². The lowest BCUT2D eigenvalue weighted by Gasteiger charge is -2.58. The number of esters is 4. The largest absolute Gasteiger partial charge is 0.462 e. The van der Waals surface area contributed by atoms with E-state index in [-0.39, 0.29) is 36.6 Å². The topological polar surface area (TPSA) is 124 Å². The summed E-state index contributed by atoms with van der Waals surface area (Å²) in [5.74, 6) is -1.13. The second-order valence-corrected chi connectivity index (χ2v) is 12.9. The van der Waals surface area contributed by atoms with Crippen molar-refractivity contribution >= 4 is 23.9 Å². The quantitative estimate of drug-likeness (QED) is 0.176. The molecule has 0 radical (unpaired) electrons. The maximum absolute atomic E-state index is 12.0. The van der Waals surface area contributed by atoms with Gasteiger partial charge in [0.05, 0.1) is 13.2 Å². The van der Waals surface area contributed by atoms with Crippen LogP contribution in [0, 0.1) is 22.7 Å². The Morgan fingerprint density at radius 3 is 2.23 bits per heavy atom. The van der Waals surface area contributed by atoms with Crippen LogP contribution in [0.3, 0.4) is 0 Å². The molecule has 0 aromatic rings. The van der Waals surface area contributed by atoms with Crippen LogP contribution in [0.5, 0.6) is 0 Å². The second kappa shape index (κ2) is 14.8. The Morgan fingerprint density at radius 1 is 0.953 bits per heavy atom. The molecule has 8 unspecified atom stereocenters. The van der Waals surface area contributed by atoms with Crippen LogP contribution in [0.2, 0.25) is 0 Å². The molecular formula is C33H50O10. The van der Waals surface area contributed by atoms with Gasteiger partial charge in [0.15, 0.2) is 24.6 Å². The number of allylic oxidation sites excluding steroid dienone is 2. The lowest BCUT2D eigenvalue weighted by atomic mass is 9.47. The molecule has 1 saturated heterocycles. The van der Waals surface area contributed by atoms with Crippen LogP contribution in [0.1, 0.15) is 93.9 Å². The van der Waals surface area contributed by atoms with Crippen LogP contribution >= 0.6 is 0 Å². The van der Waals surface area contributed by atoms with E-state index in [9.17, 15) is 19.2 Å². The van der Waals surface area contributed by atoms with Crippen molar-refractivity contribution in [2.75, 3.05) is 19.8 Å². The lowest BCUT2D eigenvalue weighted by molar-refractivity contribution is -0.279. The summed E-state index contributed by atoms with van der Waals surface area (Å²) in [6.07, 6.45) is 6.20. The van der Waals surface area contributed by atoms with Crippen LogP contribution in [0.4, 0.5) is 0 Å². The molecule has 10 heteroatoms.